The lowest BCUT2D eigenvalue weighted by Gasteiger charge is -2.28. The molecule has 0 aliphatic carbocycles. The van der Waals surface area contributed by atoms with E-state index in [2.05, 4.69) is 36.2 Å². The summed E-state index contributed by atoms with van der Waals surface area (Å²) in [6, 6.07) is 15.9. The average molecular weight is 393 g/mol. The zero-order valence-corrected chi connectivity index (χ0v) is 16.1. The predicted octanol–water partition coefficient (Wildman–Crippen LogP) is 5.70. The molecular weight excluding hydrogens is 375 g/mol. The first-order valence-electron chi connectivity index (χ1n) is 7.80. The first kappa shape index (κ1) is 18.3. The van der Waals surface area contributed by atoms with Gasteiger partial charge < -0.3 is 4.74 Å². The van der Waals surface area contributed by atoms with Gasteiger partial charge in [0.25, 0.3) is 0 Å². The van der Waals surface area contributed by atoms with E-state index in [1.165, 1.54) is 5.56 Å². The molecule has 6 heteroatoms. The van der Waals surface area contributed by atoms with Crippen molar-refractivity contribution >= 4 is 35.0 Å². The monoisotopic (exact) mass is 392 g/mol. The van der Waals surface area contributed by atoms with Crippen LogP contribution in [0.2, 0.25) is 5.02 Å². The molecule has 3 rings (SSSR count). The molecule has 0 fully saturated rings. The van der Waals surface area contributed by atoms with E-state index in [1.807, 2.05) is 24.3 Å². The van der Waals surface area contributed by atoms with Gasteiger partial charge in [-0.2, -0.15) is 0 Å². The van der Waals surface area contributed by atoms with E-state index >= 15 is 0 Å². The van der Waals surface area contributed by atoms with Crippen molar-refractivity contribution in [3.05, 3.63) is 83.4 Å². The van der Waals surface area contributed by atoms with Crippen molar-refractivity contribution in [2.45, 2.75) is 23.4 Å². The number of aromatic nitrogens is 2. The molecule has 1 aromatic heterocycles. The fraction of sp³-hybridized carbons (Fsp3) is 0.211. The van der Waals surface area contributed by atoms with Gasteiger partial charge >= 0.3 is 0 Å². The number of ether oxygens (including phenoxy) is 1. The van der Waals surface area contributed by atoms with E-state index in [9.17, 15) is 0 Å². The number of hydrogen-bond donors (Lipinski definition) is 0. The summed E-state index contributed by atoms with van der Waals surface area (Å²) in [5.41, 5.74) is 2.27. The minimum Gasteiger partial charge on any atom is -0.330 e. The second-order valence-corrected chi connectivity index (χ2v) is 7.70. The maximum Gasteiger partial charge on any atom is 0.228 e. The molecule has 0 N–H and O–H groups in total. The van der Waals surface area contributed by atoms with Gasteiger partial charge in [0.1, 0.15) is 5.94 Å². The number of benzene rings is 2. The Morgan fingerprint density at radius 2 is 1.84 bits per heavy atom. The van der Waals surface area contributed by atoms with Crippen LogP contribution >= 0.6 is 35.0 Å². The van der Waals surface area contributed by atoms with Gasteiger partial charge in [-0.1, -0.05) is 64.8 Å². The minimum atomic E-state index is -1.04. The number of alkyl halides is 1. The molecule has 1 unspecified atom stereocenters. The Hall–Kier alpha value is -1.46. The van der Waals surface area contributed by atoms with Crippen LogP contribution < -0.4 is 0 Å². The van der Waals surface area contributed by atoms with Crippen molar-refractivity contribution in [1.82, 2.24) is 9.55 Å². The minimum absolute atomic E-state index is 0.429. The third-order valence-electron chi connectivity index (χ3n) is 3.75. The molecule has 0 radical (unpaired) electrons. The van der Waals surface area contributed by atoms with Crippen molar-refractivity contribution in [3.8, 4) is 0 Å². The second kappa shape index (κ2) is 8.28. The van der Waals surface area contributed by atoms with Crippen LogP contribution in [0.5, 0.6) is 0 Å². The topological polar surface area (TPSA) is 27.1 Å². The molecule has 2 aromatic carbocycles. The average Bonchev–Trinajstić information content (AvgIpc) is 3.14. The third kappa shape index (κ3) is 5.02. The Balaban J connectivity index is 1.70. The first-order chi connectivity index (χ1) is 12.0. The molecule has 0 bridgehead atoms. The van der Waals surface area contributed by atoms with E-state index in [0.717, 1.165) is 10.5 Å². The van der Waals surface area contributed by atoms with Crippen molar-refractivity contribution < 1.29 is 4.74 Å². The highest BCUT2D eigenvalue weighted by atomic mass is 35.5. The maximum atomic E-state index is 6.83. The van der Waals surface area contributed by atoms with Crippen LogP contribution in [-0.4, -0.2) is 15.5 Å². The van der Waals surface area contributed by atoms with Crippen LogP contribution in [0, 0.1) is 6.92 Å². The number of nitrogens with zero attached hydrogens (tertiary/aromatic N) is 2. The first-order valence-corrected chi connectivity index (χ1v) is 9.54. The van der Waals surface area contributed by atoms with E-state index in [0.29, 0.717) is 17.4 Å². The molecule has 0 saturated heterocycles. The summed E-state index contributed by atoms with van der Waals surface area (Å²) in [6.45, 7) is 2.07. The van der Waals surface area contributed by atoms with E-state index in [1.54, 1.807) is 35.0 Å². The Labute approximate surface area is 161 Å². The highest BCUT2D eigenvalue weighted by Crippen LogP contribution is 2.31. The highest BCUT2D eigenvalue weighted by Gasteiger charge is 2.30. The van der Waals surface area contributed by atoms with Gasteiger partial charge in [0.2, 0.25) is 5.18 Å². The summed E-state index contributed by atoms with van der Waals surface area (Å²) in [4.78, 5) is 5.23. The molecule has 0 aliphatic rings. The molecule has 1 heterocycles. The zero-order valence-electron chi connectivity index (χ0n) is 13.7. The SMILES string of the molecule is Cc1ccc(SCOC(Cl)(Cc2ccc(Cl)cc2)n2ccnc2)cc1. The van der Waals surface area contributed by atoms with Crippen molar-refractivity contribution in [1.29, 1.82) is 0 Å². The van der Waals surface area contributed by atoms with Gasteiger partial charge in [0.15, 0.2) is 0 Å². The number of thioether (sulfide) groups is 1. The summed E-state index contributed by atoms with van der Waals surface area (Å²) in [7, 11) is 0. The molecule has 3 nitrogen and oxygen atoms in total. The smallest absolute Gasteiger partial charge is 0.228 e. The molecule has 3 aromatic rings. The molecule has 0 saturated carbocycles. The number of imidazole rings is 1. The van der Waals surface area contributed by atoms with Gasteiger partial charge in [-0.3, -0.25) is 4.57 Å². The summed E-state index contributed by atoms with van der Waals surface area (Å²) in [6.07, 6.45) is 5.66. The van der Waals surface area contributed by atoms with Gasteiger partial charge in [0.05, 0.1) is 6.33 Å². The lowest BCUT2D eigenvalue weighted by molar-refractivity contribution is -0.00993. The summed E-state index contributed by atoms with van der Waals surface area (Å²) < 4.78 is 7.84. The van der Waals surface area contributed by atoms with Crippen LogP contribution in [-0.2, 0) is 16.3 Å². The van der Waals surface area contributed by atoms with Crippen LogP contribution in [0.3, 0.4) is 0 Å². The van der Waals surface area contributed by atoms with Crippen molar-refractivity contribution in [3.63, 3.8) is 0 Å². The molecule has 0 spiro atoms. The number of hydrogen-bond acceptors (Lipinski definition) is 3. The van der Waals surface area contributed by atoms with Crippen LogP contribution in [0.15, 0.2) is 72.1 Å². The van der Waals surface area contributed by atoms with Gasteiger partial charge in [-0.25, -0.2) is 4.98 Å². The summed E-state index contributed by atoms with van der Waals surface area (Å²) >= 11 is 14.4. The predicted molar refractivity (Wildman–Crippen MR) is 104 cm³/mol. The zero-order chi connectivity index (χ0) is 17.7. The third-order valence-corrected chi connectivity index (χ3v) is 5.28. The van der Waals surface area contributed by atoms with Crippen LogP contribution in [0.1, 0.15) is 11.1 Å². The number of halogens is 2. The van der Waals surface area contributed by atoms with E-state index in [-0.39, 0.29) is 0 Å². The summed E-state index contributed by atoms with van der Waals surface area (Å²) in [5, 5.41) is -0.343. The molecule has 0 amide bonds. The molecule has 1 atom stereocenters. The molecule has 130 valence electrons. The van der Waals surface area contributed by atoms with E-state index in [4.69, 9.17) is 27.9 Å². The van der Waals surface area contributed by atoms with Gasteiger partial charge in [-0.05, 0) is 36.8 Å². The number of aryl methyl sites for hydroxylation is 1. The van der Waals surface area contributed by atoms with Gasteiger partial charge in [0, 0.05) is 28.7 Å². The number of rotatable bonds is 7. The van der Waals surface area contributed by atoms with Crippen molar-refractivity contribution in [2.75, 3.05) is 5.94 Å². The Morgan fingerprint density at radius 3 is 2.48 bits per heavy atom. The standard InChI is InChI=1S/C19H18Cl2N2OS/c1-15-2-8-18(9-3-15)25-14-24-19(21,23-11-10-22-13-23)12-16-4-6-17(20)7-5-16/h2-11,13H,12,14H2,1H3. The molecular formula is C19H18Cl2N2OS. The lowest BCUT2D eigenvalue weighted by atomic mass is 10.1. The quantitative estimate of drug-likeness (QED) is 0.293. The van der Waals surface area contributed by atoms with Gasteiger partial charge in [-0.15, -0.1) is 0 Å². The Kier molecular flexibility index (Phi) is 6.07. The largest absolute Gasteiger partial charge is 0.330 e. The normalized spacial score (nSPS) is 13.6. The maximum absolute atomic E-state index is 6.83. The van der Waals surface area contributed by atoms with Crippen LogP contribution in [0.25, 0.3) is 0 Å². The fourth-order valence-electron chi connectivity index (χ4n) is 2.35. The Bertz CT molecular complexity index is 791. The Morgan fingerprint density at radius 1 is 1.12 bits per heavy atom. The van der Waals surface area contributed by atoms with Crippen molar-refractivity contribution in [2.24, 2.45) is 0 Å². The second-order valence-electron chi connectivity index (χ2n) is 5.68. The van der Waals surface area contributed by atoms with Crippen LogP contribution in [0.4, 0.5) is 0 Å². The lowest BCUT2D eigenvalue weighted by Crippen LogP contribution is -2.32. The fourth-order valence-corrected chi connectivity index (χ4v) is 3.57. The highest BCUT2D eigenvalue weighted by molar-refractivity contribution is 7.99. The molecule has 25 heavy (non-hydrogen) atoms. The van der Waals surface area contributed by atoms with E-state index < -0.39 is 5.18 Å². The molecule has 0 aliphatic heterocycles. The summed E-state index contributed by atoms with van der Waals surface area (Å²) in [5.74, 6) is 0.429.